The molecule has 2 aliphatic heterocycles. The summed E-state index contributed by atoms with van der Waals surface area (Å²) in [5, 5.41) is 6.73. The summed E-state index contributed by atoms with van der Waals surface area (Å²) in [5.74, 6) is 0.885. The van der Waals surface area contributed by atoms with Crippen molar-refractivity contribution in [2.24, 2.45) is 0 Å². The first-order valence-corrected chi connectivity index (χ1v) is 10.4. The summed E-state index contributed by atoms with van der Waals surface area (Å²) in [5.41, 5.74) is 4.24. The monoisotopic (exact) mass is 404 g/mol. The molecule has 30 heavy (non-hydrogen) atoms. The molecular weight excluding hydrogens is 380 g/mol. The molecule has 2 N–H and O–H groups in total. The molecule has 4 heterocycles. The molecule has 0 spiro atoms. The Hall–Kier alpha value is -3.10. The van der Waals surface area contributed by atoms with E-state index in [1.54, 1.807) is 12.4 Å². The van der Waals surface area contributed by atoms with Gasteiger partial charge in [-0.1, -0.05) is 12.1 Å². The van der Waals surface area contributed by atoms with Gasteiger partial charge in [0.05, 0.1) is 23.9 Å². The largest absolute Gasteiger partial charge is 0.374 e. The topological polar surface area (TPSA) is 92.3 Å². The lowest BCUT2D eigenvalue weighted by Gasteiger charge is -2.24. The maximum atomic E-state index is 12.0. The molecule has 2 fully saturated rings. The van der Waals surface area contributed by atoms with E-state index in [9.17, 15) is 4.79 Å². The van der Waals surface area contributed by atoms with E-state index in [4.69, 9.17) is 9.72 Å². The van der Waals surface area contributed by atoms with Gasteiger partial charge in [-0.15, -0.1) is 0 Å². The standard InChI is InChI=1S/C22H24N6O2/c29-20-2-1-10-28(20)16-5-3-15(4-6-16)18-12-19-21(25-8-7-24-19)22(27-18)26-14-17-13-23-9-11-30-17/h3-8,12,17,23H,1-2,9-11,13-14H2,(H,26,27). The van der Waals surface area contributed by atoms with Gasteiger partial charge in [0.1, 0.15) is 5.52 Å². The molecule has 1 atom stereocenters. The third-order valence-electron chi connectivity index (χ3n) is 5.51. The summed E-state index contributed by atoms with van der Waals surface area (Å²) >= 11 is 0. The molecule has 1 aromatic carbocycles. The number of morpholine rings is 1. The number of nitrogens with zero attached hydrogens (tertiary/aromatic N) is 4. The lowest BCUT2D eigenvalue weighted by molar-refractivity contribution is -0.117. The highest BCUT2D eigenvalue weighted by atomic mass is 16.5. The SMILES string of the molecule is O=C1CCCN1c1ccc(-c2cc3nccnc3c(NCC3CNCCO3)n2)cc1. The van der Waals surface area contributed by atoms with Crippen molar-refractivity contribution >= 4 is 28.4 Å². The number of ether oxygens (including phenoxy) is 1. The van der Waals surface area contributed by atoms with Gasteiger partial charge in [-0.25, -0.2) is 9.97 Å². The minimum atomic E-state index is 0.0909. The average molecular weight is 404 g/mol. The summed E-state index contributed by atoms with van der Waals surface area (Å²) < 4.78 is 5.78. The second-order valence-corrected chi connectivity index (χ2v) is 7.55. The van der Waals surface area contributed by atoms with Crippen molar-refractivity contribution < 1.29 is 9.53 Å². The molecule has 2 saturated heterocycles. The van der Waals surface area contributed by atoms with Crippen LogP contribution in [0.3, 0.4) is 0 Å². The van der Waals surface area contributed by atoms with E-state index in [2.05, 4.69) is 20.6 Å². The molecule has 1 unspecified atom stereocenters. The zero-order valence-corrected chi connectivity index (χ0v) is 16.7. The van der Waals surface area contributed by atoms with Crippen LogP contribution in [0.2, 0.25) is 0 Å². The molecule has 154 valence electrons. The number of hydrogen-bond donors (Lipinski definition) is 2. The van der Waals surface area contributed by atoms with Crippen molar-refractivity contribution in [2.75, 3.05) is 43.0 Å². The third kappa shape index (κ3) is 3.83. The quantitative estimate of drug-likeness (QED) is 0.674. The number of pyridine rings is 1. The van der Waals surface area contributed by atoms with Crippen LogP contribution >= 0.6 is 0 Å². The molecule has 1 amide bonds. The average Bonchev–Trinajstić information content (AvgIpc) is 3.24. The molecular formula is C22H24N6O2. The van der Waals surface area contributed by atoms with Crippen LogP contribution < -0.4 is 15.5 Å². The van der Waals surface area contributed by atoms with E-state index < -0.39 is 0 Å². The molecule has 0 bridgehead atoms. The molecule has 0 aliphatic carbocycles. The lowest BCUT2D eigenvalue weighted by atomic mass is 10.1. The number of rotatable bonds is 5. The summed E-state index contributed by atoms with van der Waals surface area (Å²) in [6.45, 7) is 3.84. The number of carbonyl (C=O) groups is 1. The van der Waals surface area contributed by atoms with Gasteiger partial charge in [0.2, 0.25) is 5.91 Å². The van der Waals surface area contributed by atoms with Gasteiger partial charge in [0, 0.05) is 56.2 Å². The number of carbonyl (C=O) groups excluding carboxylic acids is 1. The number of aromatic nitrogens is 3. The normalized spacial score (nSPS) is 19.4. The van der Waals surface area contributed by atoms with E-state index in [1.165, 1.54) is 0 Å². The molecule has 3 aromatic rings. The van der Waals surface area contributed by atoms with Crippen LogP contribution in [-0.4, -0.2) is 59.7 Å². The second-order valence-electron chi connectivity index (χ2n) is 7.55. The molecule has 2 aromatic heterocycles. The fraction of sp³-hybridized carbons (Fsp3) is 0.364. The summed E-state index contributed by atoms with van der Waals surface area (Å²) in [4.78, 5) is 27.6. The zero-order valence-electron chi connectivity index (χ0n) is 16.7. The zero-order chi connectivity index (χ0) is 20.3. The second kappa shape index (κ2) is 8.33. The Morgan fingerprint density at radius 2 is 2.07 bits per heavy atom. The van der Waals surface area contributed by atoms with Gasteiger partial charge in [0.25, 0.3) is 0 Å². The van der Waals surface area contributed by atoms with Gasteiger partial charge >= 0.3 is 0 Å². The minimum Gasteiger partial charge on any atom is -0.374 e. The van der Waals surface area contributed by atoms with E-state index in [0.29, 0.717) is 25.4 Å². The predicted octanol–water partition coefficient (Wildman–Crippen LogP) is 2.22. The molecule has 0 radical (unpaired) electrons. The Morgan fingerprint density at radius 1 is 1.20 bits per heavy atom. The molecule has 0 saturated carbocycles. The molecule has 2 aliphatic rings. The maximum Gasteiger partial charge on any atom is 0.227 e. The van der Waals surface area contributed by atoms with E-state index in [-0.39, 0.29) is 12.0 Å². The van der Waals surface area contributed by atoms with E-state index >= 15 is 0 Å². The number of anilines is 2. The molecule has 8 heteroatoms. The number of benzene rings is 1. The van der Waals surface area contributed by atoms with Crippen molar-refractivity contribution in [3.63, 3.8) is 0 Å². The van der Waals surface area contributed by atoms with Crippen molar-refractivity contribution in [3.05, 3.63) is 42.7 Å². The first-order chi connectivity index (χ1) is 14.8. The summed E-state index contributed by atoms with van der Waals surface area (Å²) in [7, 11) is 0. The van der Waals surface area contributed by atoms with Crippen LogP contribution in [0, 0.1) is 0 Å². The first-order valence-electron chi connectivity index (χ1n) is 10.4. The van der Waals surface area contributed by atoms with Gasteiger partial charge < -0.3 is 20.3 Å². The van der Waals surface area contributed by atoms with Crippen LogP contribution in [0.25, 0.3) is 22.3 Å². The Kier molecular flexibility index (Phi) is 5.25. The van der Waals surface area contributed by atoms with Crippen LogP contribution in [-0.2, 0) is 9.53 Å². The van der Waals surface area contributed by atoms with Crippen molar-refractivity contribution in [1.82, 2.24) is 20.3 Å². The highest BCUT2D eigenvalue weighted by Gasteiger charge is 2.21. The third-order valence-corrected chi connectivity index (χ3v) is 5.51. The highest BCUT2D eigenvalue weighted by molar-refractivity contribution is 5.95. The van der Waals surface area contributed by atoms with Crippen molar-refractivity contribution in [3.8, 4) is 11.3 Å². The summed E-state index contributed by atoms with van der Waals surface area (Å²) in [6, 6.07) is 9.92. The Balaban J connectivity index is 1.43. The van der Waals surface area contributed by atoms with Gasteiger partial charge in [0.15, 0.2) is 5.82 Å². The van der Waals surface area contributed by atoms with Crippen molar-refractivity contribution in [1.29, 1.82) is 0 Å². The fourth-order valence-electron chi connectivity index (χ4n) is 3.94. The Morgan fingerprint density at radius 3 is 2.83 bits per heavy atom. The Labute approximate surface area is 174 Å². The molecule has 5 rings (SSSR count). The van der Waals surface area contributed by atoms with E-state index in [1.807, 2.05) is 35.2 Å². The number of hydrogen-bond acceptors (Lipinski definition) is 7. The number of amides is 1. The van der Waals surface area contributed by atoms with Crippen LogP contribution in [0.5, 0.6) is 0 Å². The lowest BCUT2D eigenvalue weighted by Crippen LogP contribution is -2.42. The fourth-order valence-corrected chi connectivity index (χ4v) is 3.94. The summed E-state index contributed by atoms with van der Waals surface area (Å²) in [6.07, 6.45) is 5.00. The van der Waals surface area contributed by atoms with Crippen LogP contribution in [0.15, 0.2) is 42.7 Å². The van der Waals surface area contributed by atoms with Gasteiger partial charge in [-0.2, -0.15) is 0 Å². The highest BCUT2D eigenvalue weighted by Crippen LogP contribution is 2.28. The van der Waals surface area contributed by atoms with Crippen LogP contribution in [0.4, 0.5) is 11.5 Å². The van der Waals surface area contributed by atoms with Crippen molar-refractivity contribution in [2.45, 2.75) is 18.9 Å². The Bertz CT molecular complexity index is 1050. The van der Waals surface area contributed by atoms with E-state index in [0.717, 1.165) is 54.0 Å². The maximum absolute atomic E-state index is 12.0. The van der Waals surface area contributed by atoms with Crippen LogP contribution in [0.1, 0.15) is 12.8 Å². The first kappa shape index (κ1) is 18.9. The minimum absolute atomic E-state index is 0.0909. The predicted molar refractivity (Wildman–Crippen MR) is 115 cm³/mol. The number of fused-ring (bicyclic) bond motifs is 1. The smallest absolute Gasteiger partial charge is 0.227 e. The van der Waals surface area contributed by atoms with Gasteiger partial charge in [-0.3, -0.25) is 9.78 Å². The number of nitrogens with one attached hydrogen (secondary N) is 2. The molecule has 8 nitrogen and oxygen atoms in total. The van der Waals surface area contributed by atoms with Gasteiger partial charge in [-0.05, 0) is 24.6 Å².